The number of hydrazone groups is 1. The van der Waals surface area contributed by atoms with E-state index >= 15 is 0 Å². The summed E-state index contributed by atoms with van der Waals surface area (Å²) >= 11 is 0. The van der Waals surface area contributed by atoms with E-state index in [4.69, 9.17) is 11.6 Å². The molecule has 0 fully saturated rings. The summed E-state index contributed by atoms with van der Waals surface area (Å²) in [6, 6.07) is 5.18. The molecule has 0 aliphatic carbocycles. The number of aromatic amines is 2. The minimum Gasteiger partial charge on any atom is -0.382 e. The van der Waals surface area contributed by atoms with Gasteiger partial charge in [0.2, 0.25) is 0 Å². The van der Waals surface area contributed by atoms with E-state index < -0.39 is 0 Å². The molecule has 0 aliphatic rings. The highest BCUT2D eigenvalue weighted by atomic mass is 16.1. The Kier molecular flexibility index (Phi) is 1.74. The molecule has 6 nitrogen and oxygen atoms in total. The van der Waals surface area contributed by atoms with Crippen molar-refractivity contribution in [2.45, 2.75) is 0 Å². The van der Waals surface area contributed by atoms with Crippen LogP contribution >= 0.6 is 0 Å². The molecule has 2 aromatic rings. The molecule has 0 radical (unpaired) electrons. The third kappa shape index (κ3) is 1.22. The zero-order valence-electron chi connectivity index (χ0n) is 7.24. The first kappa shape index (κ1) is 8.36. The zero-order chi connectivity index (χ0) is 10.1. The minimum absolute atomic E-state index is 0.231. The molecule has 1 aromatic heterocycles. The number of amidine groups is 1. The van der Waals surface area contributed by atoms with E-state index in [1.54, 1.807) is 18.2 Å². The number of hydrogen-bond donors (Lipinski definition) is 4. The Morgan fingerprint density at radius 1 is 1.29 bits per heavy atom. The Hall–Kier alpha value is -2.24. The largest absolute Gasteiger partial charge is 0.382 e. The summed E-state index contributed by atoms with van der Waals surface area (Å²) in [5.41, 5.74) is 7.35. The number of benzene rings is 1. The molecule has 6 N–H and O–H groups in total. The van der Waals surface area contributed by atoms with Crippen LogP contribution in [0, 0.1) is 0 Å². The fraction of sp³-hybridized carbons (Fsp3) is 0. The Morgan fingerprint density at radius 3 is 2.71 bits per heavy atom. The Labute approximate surface area is 78.6 Å². The fourth-order valence-corrected chi connectivity index (χ4v) is 1.27. The van der Waals surface area contributed by atoms with Gasteiger partial charge in [-0.1, -0.05) is 0 Å². The van der Waals surface area contributed by atoms with Crippen LogP contribution in [-0.2, 0) is 0 Å². The van der Waals surface area contributed by atoms with Crippen molar-refractivity contribution in [1.29, 1.82) is 0 Å². The summed E-state index contributed by atoms with van der Waals surface area (Å²) < 4.78 is 0. The van der Waals surface area contributed by atoms with Crippen LogP contribution in [0.4, 0.5) is 0 Å². The van der Waals surface area contributed by atoms with Crippen LogP contribution in [-0.4, -0.2) is 15.8 Å². The fourth-order valence-electron chi connectivity index (χ4n) is 1.27. The second-order valence-electron chi connectivity index (χ2n) is 2.85. The van der Waals surface area contributed by atoms with Gasteiger partial charge in [-0.05, 0) is 18.2 Å². The third-order valence-electron chi connectivity index (χ3n) is 1.95. The second-order valence-corrected chi connectivity index (χ2v) is 2.85. The average molecular weight is 191 g/mol. The summed E-state index contributed by atoms with van der Waals surface area (Å²) in [7, 11) is 0. The van der Waals surface area contributed by atoms with Crippen molar-refractivity contribution in [3.63, 3.8) is 0 Å². The van der Waals surface area contributed by atoms with Crippen molar-refractivity contribution >= 4 is 16.9 Å². The maximum atomic E-state index is 10.9. The highest BCUT2D eigenvalue weighted by Gasteiger charge is 2.02. The number of hydrogen-bond acceptors (Lipinski definition) is 3. The highest BCUT2D eigenvalue weighted by Crippen LogP contribution is 2.09. The Morgan fingerprint density at radius 2 is 2.00 bits per heavy atom. The van der Waals surface area contributed by atoms with Gasteiger partial charge in [-0.3, -0.25) is 0 Å². The summed E-state index contributed by atoms with van der Waals surface area (Å²) in [4.78, 5) is 16.2. The normalized spacial score (nSPS) is 12.1. The van der Waals surface area contributed by atoms with Crippen molar-refractivity contribution < 1.29 is 0 Å². The van der Waals surface area contributed by atoms with Gasteiger partial charge in [0.15, 0.2) is 0 Å². The number of nitrogens with two attached hydrogens (primary N) is 2. The molecule has 72 valence electrons. The van der Waals surface area contributed by atoms with E-state index in [0.717, 1.165) is 5.52 Å². The molecule has 0 saturated heterocycles. The summed E-state index contributed by atoms with van der Waals surface area (Å²) in [5.74, 6) is 5.27. The molecule has 2 rings (SSSR count). The molecule has 0 saturated carbocycles. The molecule has 0 aliphatic heterocycles. The molecular formula is C8H9N5O. The van der Waals surface area contributed by atoms with Gasteiger partial charge in [-0.15, -0.1) is 0 Å². The van der Waals surface area contributed by atoms with Crippen LogP contribution in [0.15, 0.2) is 28.1 Å². The van der Waals surface area contributed by atoms with E-state index in [1.807, 2.05) is 0 Å². The lowest BCUT2D eigenvalue weighted by molar-refractivity contribution is 1.21. The number of aromatic nitrogens is 2. The topological polar surface area (TPSA) is 113 Å². The van der Waals surface area contributed by atoms with Gasteiger partial charge in [0, 0.05) is 5.56 Å². The molecule has 6 heteroatoms. The first-order valence-corrected chi connectivity index (χ1v) is 3.96. The first-order chi connectivity index (χ1) is 6.70. The van der Waals surface area contributed by atoms with E-state index in [0.29, 0.717) is 11.1 Å². The van der Waals surface area contributed by atoms with Crippen molar-refractivity contribution in [1.82, 2.24) is 9.97 Å². The Bertz CT molecular complexity index is 550. The maximum absolute atomic E-state index is 10.9. The predicted octanol–water partition coefficient (Wildman–Crippen LogP) is -0.565. The monoisotopic (exact) mass is 191 g/mol. The van der Waals surface area contributed by atoms with Crippen LogP contribution in [0.5, 0.6) is 0 Å². The molecule has 1 heterocycles. The zero-order valence-corrected chi connectivity index (χ0v) is 7.24. The van der Waals surface area contributed by atoms with Crippen LogP contribution in [0.1, 0.15) is 5.56 Å². The Balaban J connectivity index is 2.67. The van der Waals surface area contributed by atoms with Crippen molar-refractivity contribution in [3.05, 3.63) is 34.2 Å². The van der Waals surface area contributed by atoms with Gasteiger partial charge < -0.3 is 21.5 Å². The van der Waals surface area contributed by atoms with Crippen LogP contribution in [0.3, 0.4) is 0 Å². The van der Waals surface area contributed by atoms with Gasteiger partial charge in [0.25, 0.3) is 0 Å². The smallest absolute Gasteiger partial charge is 0.323 e. The van der Waals surface area contributed by atoms with Crippen molar-refractivity contribution in [2.24, 2.45) is 16.7 Å². The molecule has 1 aromatic carbocycles. The maximum Gasteiger partial charge on any atom is 0.323 e. The van der Waals surface area contributed by atoms with Crippen LogP contribution in [0.25, 0.3) is 11.0 Å². The second kappa shape index (κ2) is 2.91. The summed E-state index contributed by atoms with van der Waals surface area (Å²) in [6.45, 7) is 0. The number of H-pyrrole nitrogens is 2. The average Bonchev–Trinajstić information content (AvgIpc) is 2.55. The minimum atomic E-state index is -0.250. The number of imidazole rings is 1. The SMILES string of the molecule is NN=C(N)c1ccc2[nH]c(=O)[nH]c2c1. The van der Waals surface area contributed by atoms with E-state index in [2.05, 4.69) is 15.1 Å². The van der Waals surface area contributed by atoms with E-state index in [9.17, 15) is 4.79 Å². The third-order valence-corrected chi connectivity index (χ3v) is 1.95. The molecule has 14 heavy (non-hydrogen) atoms. The van der Waals surface area contributed by atoms with E-state index in [1.165, 1.54) is 0 Å². The van der Waals surface area contributed by atoms with Gasteiger partial charge in [0.1, 0.15) is 5.84 Å². The molecule has 0 unspecified atom stereocenters. The first-order valence-electron chi connectivity index (χ1n) is 3.96. The lowest BCUT2D eigenvalue weighted by Gasteiger charge is -1.97. The quantitative estimate of drug-likeness (QED) is 0.209. The lowest BCUT2D eigenvalue weighted by Crippen LogP contribution is -2.15. The molecule has 0 atom stereocenters. The van der Waals surface area contributed by atoms with Gasteiger partial charge in [-0.25, -0.2) is 4.79 Å². The number of fused-ring (bicyclic) bond motifs is 1. The predicted molar refractivity (Wildman–Crippen MR) is 53.8 cm³/mol. The number of nitrogens with zero attached hydrogens (tertiary/aromatic N) is 1. The summed E-state index contributed by atoms with van der Waals surface area (Å²) in [6.07, 6.45) is 0. The number of rotatable bonds is 1. The van der Waals surface area contributed by atoms with Crippen molar-refractivity contribution in [2.75, 3.05) is 0 Å². The molecule has 0 spiro atoms. The van der Waals surface area contributed by atoms with Gasteiger partial charge in [0.05, 0.1) is 11.0 Å². The lowest BCUT2D eigenvalue weighted by atomic mass is 10.2. The van der Waals surface area contributed by atoms with Gasteiger partial charge >= 0.3 is 5.69 Å². The molecular weight excluding hydrogens is 182 g/mol. The standard InChI is InChI=1S/C8H9N5O/c9-7(13-10)4-1-2-5-6(3-4)12-8(14)11-5/h1-3H,10H2,(H2,9,13)(H2,11,12,14). The van der Waals surface area contributed by atoms with Crippen LogP contribution < -0.4 is 17.3 Å². The van der Waals surface area contributed by atoms with E-state index in [-0.39, 0.29) is 11.5 Å². The van der Waals surface area contributed by atoms with Gasteiger partial charge in [-0.2, -0.15) is 5.10 Å². The highest BCUT2D eigenvalue weighted by molar-refractivity contribution is 5.99. The number of nitrogens with one attached hydrogen (secondary N) is 2. The molecule has 0 amide bonds. The molecule has 0 bridgehead atoms. The van der Waals surface area contributed by atoms with Crippen LogP contribution in [0.2, 0.25) is 0 Å². The van der Waals surface area contributed by atoms with Crippen molar-refractivity contribution in [3.8, 4) is 0 Å². The summed E-state index contributed by atoms with van der Waals surface area (Å²) in [5, 5.41) is 3.36.